The van der Waals surface area contributed by atoms with E-state index >= 15 is 0 Å². The number of nitrogen functional groups attached to an aromatic ring is 1. The van der Waals surface area contributed by atoms with Gasteiger partial charge in [0.25, 0.3) is 0 Å². The maximum absolute atomic E-state index is 11.5. The number of aliphatic hydroxyl groups excluding tert-OH is 1. The van der Waals surface area contributed by atoms with Crippen LogP contribution >= 0.6 is 0 Å². The molecule has 3 aromatic heterocycles. The average molecular weight is 451 g/mol. The lowest BCUT2D eigenvalue weighted by Gasteiger charge is -2.11. The minimum Gasteiger partial charge on any atom is -0.392 e. The van der Waals surface area contributed by atoms with Crippen LogP contribution in [0.3, 0.4) is 0 Å². The summed E-state index contributed by atoms with van der Waals surface area (Å²) in [5.74, 6) is 0.854. The third kappa shape index (κ3) is 3.98. The number of benzene rings is 2. The number of nitrogens with zero attached hydrogens (tertiary/aromatic N) is 4. The smallest absolute Gasteiger partial charge is 0.221 e. The van der Waals surface area contributed by atoms with Crippen LogP contribution in [-0.4, -0.2) is 30.5 Å². The lowest BCUT2D eigenvalue weighted by Crippen LogP contribution is -2.05. The van der Waals surface area contributed by atoms with E-state index in [0.717, 1.165) is 22.5 Å². The summed E-state index contributed by atoms with van der Waals surface area (Å²) in [6.45, 7) is 1.43. The number of hydrogen-bond acceptors (Lipinski definition) is 6. The predicted molar refractivity (Wildman–Crippen MR) is 132 cm³/mol. The molecule has 0 saturated carbocycles. The second-order valence-corrected chi connectivity index (χ2v) is 7.83. The maximum Gasteiger partial charge on any atom is 0.221 e. The second kappa shape index (κ2) is 8.76. The molecule has 0 fully saturated rings. The summed E-state index contributed by atoms with van der Waals surface area (Å²) in [4.78, 5) is 25.5. The molecule has 0 unspecified atom stereocenters. The Morgan fingerprint density at radius 1 is 1.03 bits per heavy atom. The van der Waals surface area contributed by atoms with Crippen LogP contribution < -0.4 is 11.1 Å². The molecule has 1 amide bonds. The van der Waals surface area contributed by atoms with Crippen molar-refractivity contribution in [3.63, 3.8) is 0 Å². The number of pyridine rings is 2. The van der Waals surface area contributed by atoms with Crippen LogP contribution in [0.4, 0.5) is 11.5 Å². The van der Waals surface area contributed by atoms with E-state index in [9.17, 15) is 9.90 Å². The van der Waals surface area contributed by atoms with Gasteiger partial charge in [-0.15, -0.1) is 0 Å². The number of carbonyl (C=O) groups is 1. The SMILES string of the molecule is CC(=O)Nc1cccc(-c2ccc3nc(-c4cccnc4N)n(-c4ccc(CO)cc4)c3n2)c1. The van der Waals surface area contributed by atoms with Gasteiger partial charge in [0, 0.05) is 30.1 Å². The van der Waals surface area contributed by atoms with Crippen molar-refractivity contribution in [3.8, 4) is 28.3 Å². The van der Waals surface area contributed by atoms with Crippen LogP contribution in [0.25, 0.3) is 39.5 Å². The summed E-state index contributed by atoms with van der Waals surface area (Å²) in [6.07, 6.45) is 1.64. The lowest BCUT2D eigenvalue weighted by atomic mass is 10.1. The monoisotopic (exact) mass is 450 g/mol. The molecule has 0 bridgehead atoms. The first-order chi connectivity index (χ1) is 16.5. The third-order valence-electron chi connectivity index (χ3n) is 5.44. The van der Waals surface area contributed by atoms with Gasteiger partial charge in [-0.05, 0) is 54.1 Å². The second-order valence-electron chi connectivity index (χ2n) is 7.83. The molecule has 2 aromatic carbocycles. The van der Waals surface area contributed by atoms with Crippen molar-refractivity contribution >= 4 is 28.6 Å². The fourth-order valence-corrected chi connectivity index (χ4v) is 3.86. The topological polar surface area (TPSA) is 119 Å². The van der Waals surface area contributed by atoms with E-state index in [2.05, 4.69) is 10.3 Å². The summed E-state index contributed by atoms with van der Waals surface area (Å²) >= 11 is 0. The normalized spacial score (nSPS) is 11.0. The molecule has 0 spiro atoms. The van der Waals surface area contributed by atoms with E-state index in [-0.39, 0.29) is 12.5 Å². The summed E-state index contributed by atoms with van der Waals surface area (Å²) in [6, 6.07) is 22.6. The van der Waals surface area contributed by atoms with Crippen LogP contribution in [0.1, 0.15) is 12.5 Å². The number of nitrogens with one attached hydrogen (secondary N) is 1. The van der Waals surface area contributed by atoms with Gasteiger partial charge in [-0.2, -0.15) is 0 Å². The molecule has 0 radical (unpaired) electrons. The van der Waals surface area contributed by atoms with Gasteiger partial charge in [0.15, 0.2) is 11.5 Å². The van der Waals surface area contributed by atoms with Crippen molar-refractivity contribution in [3.05, 3.63) is 84.6 Å². The Balaban J connectivity index is 1.72. The van der Waals surface area contributed by atoms with Crippen molar-refractivity contribution < 1.29 is 9.90 Å². The predicted octanol–water partition coefficient (Wildman–Crippen LogP) is 4.18. The van der Waals surface area contributed by atoms with Gasteiger partial charge < -0.3 is 16.2 Å². The number of nitrogens with two attached hydrogens (primary N) is 1. The Morgan fingerprint density at radius 3 is 2.59 bits per heavy atom. The Labute approximate surface area is 195 Å². The van der Waals surface area contributed by atoms with Gasteiger partial charge in [0.05, 0.1) is 17.9 Å². The molecule has 168 valence electrons. The first-order valence-corrected chi connectivity index (χ1v) is 10.7. The number of aliphatic hydroxyl groups is 1. The Hall–Kier alpha value is -4.56. The molecule has 0 saturated heterocycles. The van der Waals surface area contributed by atoms with Crippen molar-refractivity contribution in [1.82, 2.24) is 19.5 Å². The summed E-state index contributed by atoms with van der Waals surface area (Å²) < 4.78 is 1.94. The molecular weight excluding hydrogens is 428 g/mol. The minimum atomic E-state index is -0.135. The first-order valence-electron chi connectivity index (χ1n) is 10.7. The molecule has 5 rings (SSSR count). The number of amides is 1. The number of fused-ring (bicyclic) bond motifs is 1. The molecule has 0 aliphatic heterocycles. The van der Waals surface area contributed by atoms with Crippen molar-refractivity contribution in [2.75, 3.05) is 11.1 Å². The van der Waals surface area contributed by atoms with Gasteiger partial charge in [0.2, 0.25) is 5.91 Å². The van der Waals surface area contributed by atoms with Crippen LogP contribution in [0.2, 0.25) is 0 Å². The zero-order valence-electron chi connectivity index (χ0n) is 18.4. The number of carbonyl (C=O) groups excluding carboxylic acids is 1. The number of aromatic nitrogens is 4. The first kappa shape index (κ1) is 21.3. The number of rotatable bonds is 5. The maximum atomic E-state index is 11.5. The van der Waals surface area contributed by atoms with E-state index in [1.807, 2.05) is 77.4 Å². The fourth-order valence-electron chi connectivity index (χ4n) is 3.86. The Kier molecular flexibility index (Phi) is 5.49. The highest BCUT2D eigenvalue weighted by Gasteiger charge is 2.18. The van der Waals surface area contributed by atoms with Crippen LogP contribution in [0, 0.1) is 0 Å². The van der Waals surface area contributed by atoms with E-state index in [4.69, 9.17) is 15.7 Å². The van der Waals surface area contributed by atoms with Gasteiger partial charge in [-0.25, -0.2) is 15.0 Å². The molecule has 0 atom stereocenters. The van der Waals surface area contributed by atoms with Gasteiger partial charge >= 0.3 is 0 Å². The zero-order chi connectivity index (χ0) is 23.7. The molecule has 5 aromatic rings. The molecular formula is C26H22N6O2. The molecule has 34 heavy (non-hydrogen) atoms. The average Bonchev–Trinajstić information content (AvgIpc) is 3.22. The highest BCUT2D eigenvalue weighted by molar-refractivity contribution is 5.90. The largest absolute Gasteiger partial charge is 0.392 e. The highest BCUT2D eigenvalue weighted by Crippen LogP contribution is 2.32. The summed E-state index contributed by atoms with van der Waals surface area (Å²) in [5, 5.41) is 12.3. The van der Waals surface area contributed by atoms with Crippen LogP contribution in [0.15, 0.2) is 79.0 Å². The number of anilines is 2. The lowest BCUT2D eigenvalue weighted by molar-refractivity contribution is -0.114. The molecule has 0 aliphatic carbocycles. The van der Waals surface area contributed by atoms with Gasteiger partial charge in [-0.1, -0.05) is 24.3 Å². The van der Waals surface area contributed by atoms with Crippen molar-refractivity contribution in [2.45, 2.75) is 13.5 Å². The van der Waals surface area contributed by atoms with Gasteiger partial charge in [0.1, 0.15) is 11.3 Å². The fraction of sp³-hybridized carbons (Fsp3) is 0.0769. The van der Waals surface area contributed by atoms with E-state index in [0.29, 0.717) is 34.1 Å². The van der Waals surface area contributed by atoms with Crippen LogP contribution in [-0.2, 0) is 11.4 Å². The van der Waals surface area contributed by atoms with E-state index in [1.54, 1.807) is 6.20 Å². The number of hydrogen-bond donors (Lipinski definition) is 3. The van der Waals surface area contributed by atoms with E-state index in [1.165, 1.54) is 6.92 Å². The molecule has 3 heterocycles. The molecule has 8 heteroatoms. The van der Waals surface area contributed by atoms with Gasteiger partial charge in [-0.3, -0.25) is 9.36 Å². The third-order valence-corrected chi connectivity index (χ3v) is 5.44. The van der Waals surface area contributed by atoms with E-state index < -0.39 is 0 Å². The Morgan fingerprint density at radius 2 is 1.85 bits per heavy atom. The highest BCUT2D eigenvalue weighted by atomic mass is 16.3. The zero-order valence-corrected chi connectivity index (χ0v) is 18.4. The van der Waals surface area contributed by atoms with Crippen molar-refractivity contribution in [2.24, 2.45) is 0 Å². The molecule has 0 aliphatic rings. The molecule has 4 N–H and O–H groups in total. The van der Waals surface area contributed by atoms with Crippen LogP contribution in [0.5, 0.6) is 0 Å². The standard InChI is InChI=1S/C26H22N6O2/c1-16(34)29-19-5-2-4-18(14-19)22-11-12-23-26(30-22)32(20-9-7-17(15-33)8-10-20)25(31-23)21-6-3-13-28-24(21)27/h2-14,33H,15H2,1H3,(H2,27,28)(H,29,34). The number of imidazole rings is 1. The molecule has 8 nitrogen and oxygen atoms in total. The van der Waals surface area contributed by atoms with Crippen molar-refractivity contribution in [1.29, 1.82) is 0 Å². The summed E-state index contributed by atoms with van der Waals surface area (Å²) in [7, 11) is 0. The Bertz CT molecular complexity index is 1510. The quantitative estimate of drug-likeness (QED) is 0.370. The summed E-state index contributed by atoms with van der Waals surface area (Å²) in [5.41, 5.74) is 12.2. The minimum absolute atomic E-state index is 0.0413.